The van der Waals surface area contributed by atoms with Crippen molar-refractivity contribution in [3.8, 4) is 0 Å². The topological polar surface area (TPSA) is 3.24 Å². The second kappa shape index (κ2) is 3.45. The van der Waals surface area contributed by atoms with Crippen LogP contribution in [0.25, 0.3) is 0 Å². The first-order valence-electron chi connectivity index (χ1n) is 3.88. The van der Waals surface area contributed by atoms with Crippen molar-refractivity contribution in [1.29, 1.82) is 0 Å². The molecule has 0 aromatic carbocycles. The largest absolute Gasteiger partial charge is 0.355 e. The molecule has 1 heteroatoms. The molecule has 56 valence electrons. The zero-order chi connectivity index (χ0) is 7.40. The second-order valence-corrected chi connectivity index (χ2v) is 2.90. The molecule has 0 saturated heterocycles. The second-order valence-electron chi connectivity index (χ2n) is 2.90. The van der Waals surface area contributed by atoms with E-state index >= 15 is 0 Å². The molecule has 0 aliphatic carbocycles. The van der Waals surface area contributed by atoms with E-state index in [4.69, 9.17) is 0 Å². The maximum Gasteiger partial charge on any atom is 0.0247 e. The Hall–Kier alpha value is -0.720. The molecule has 10 heavy (non-hydrogen) atoms. The van der Waals surface area contributed by atoms with Crippen LogP contribution in [0.4, 0.5) is 0 Å². The molecular weight excluding hydrogens is 122 g/mol. The summed E-state index contributed by atoms with van der Waals surface area (Å²) < 4.78 is 0. The van der Waals surface area contributed by atoms with Gasteiger partial charge in [0.05, 0.1) is 0 Å². The molecule has 0 saturated carbocycles. The number of allylic oxidation sites excluding steroid dienone is 2. The normalized spacial score (nSPS) is 26.2. The lowest BCUT2D eigenvalue weighted by Crippen LogP contribution is -2.21. The van der Waals surface area contributed by atoms with Crippen LogP contribution in [-0.2, 0) is 0 Å². The molecule has 1 aliphatic heterocycles. The molecule has 1 atom stereocenters. The molecule has 0 aromatic rings. The van der Waals surface area contributed by atoms with E-state index in [1.807, 2.05) is 6.92 Å². The average Bonchev–Trinajstić information content (AvgIpc) is 1.88. The minimum absolute atomic E-state index is 0.807. The Morgan fingerprint density at radius 1 is 1.60 bits per heavy atom. The molecule has 1 aliphatic rings. The van der Waals surface area contributed by atoms with Gasteiger partial charge in [-0.15, -0.1) is 0 Å². The number of hydrogen-bond acceptors (Lipinski definition) is 1. The molecule has 0 radical (unpaired) electrons. The molecule has 1 heterocycles. The van der Waals surface area contributed by atoms with Crippen molar-refractivity contribution < 1.29 is 0 Å². The van der Waals surface area contributed by atoms with Crippen LogP contribution in [0.5, 0.6) is 0 Å². The summed E-state index contributed by atoms with van der Waals surface area (Å²) in [7, 11) is 0. The summed E-state index contributed by atoms with van der Waals surface area (Å²) in [6.07, 6.45) is 9.80. The Labute approximate surface area is 63.0 Å². The molecular formula is C9H15N. The van der Waals surface area contributed by atoms with Crippen molar-refractivity contribution in [2.75, 3.05) is 6.54 Å². The van der Waals surface area contributed by atoms with Crippen LogP contribution in [0.2, 0.25) is 0 Å². The van der Waals surface area contributed by atoms with Crippen molar-refractivity contribution in [2.24, 2.45) is 5.92 Å². The Kier molecular flexibility index (Phi) is 2.55. The summed E-state index contributed by atoms with van der Waals surface area (Å²) in [4.78, 5) is 2.23. The number of nitrogens with zero attached hydrogens (tertiary/aromatic N) is 1. The lowest BCUT2D eigenvalue weighted by Gasteiger charge is -2.23. The van der Waals surface area contributed by atoms with E-state index in [0.29, 0.717) is 0 Å². The highest BCUT2D eigenvalue weighted by Gasteiger charge is 2.06. The molecule has 0 N–H and O–H groups in total. The first kappa shape index (κ1) is 7.39. The summed E-state index contributed by atoms with van der Waals surface area (Å²) in [6.45, 7) is 5.49. The van der Waals surface area contributed by atoms with Gasteiger partial charge in [0.25, 0.3) is 0 Å². The lowest BCUT2D eigenvalue weighted by molar-refractivity contribution is 0.381. The predicted molar refractivity (Wildman–Crippen MR) is 44.4 cm³/mol. The monoisotopic (exact) mass is 137 g/mol. The lowest BCUT2D eigenvalue weighted by atomic mass is 10.1. The van der Waals surface area contributed by atoms with E-state index in [1.165, 1.54) is 13.0 Å². The number of rotatable bonds is 1. The summed E-state index contributed by atoms with van der Waals surface area (Å²) in [5.41, 5.74) is 0. The van der Waals surface area contributed by atoms with E-state index in [-0.39, 0.29) is 0 Å². The fourth-order valence-corrected chi connectivity index (χ4v) is 1.23. The molecule has 0 aromatic heterocycles. The Morgan fingerprint density at radius 2 is 2.40 bits per heavy atom. The SMILES string of the molecule is C/C=C/N1C=CCC(C)C1. The van der Waals surface area contributed by atoms with Gasteiger partial charge in [0.1, 0.15) is 0 Å². The first-order valence-corrected chi connectivity index (χ1v) is 3.88. The molecule has 0 fully saturated rings. The fourth-order valence-electron chi connectivity index (χ4n) is 1.23. The summed E-state index contributed by atoms with van der Waals surface area (Å²) in [6, 6.07) is 0. The van der Waals surface area contributed by atoms with Gasteiger partial charge in [-0.05, 0) is 31.7 Å². The van der Waals surface area contributed by atoms with Crippen LogP contribution in [-0.4, -0.2) is 11.4 Å². The van der Waals surface area contributed by atoms with Crippen LogP contribution in [0.15, 0.2) is 24.6 Å². The van der Waals surface area contributed by atoms with Crippen molar-refractivity contribution in [3.05, 3.63) is 24.6 Å². The molecule has 1 unspecified atom stereocenters. The van der Waals surface area contributed by atoms with Gasteiger partial charge in [0, 0.05) is 6.54 Å². The quantitative estimate of drug-likeness (QED) is 0.536. The van der Waals surface area contributed by atoms with Gasteiger partial charge in [-0.25, -0.2) is 0 Å². The molecule has 1 nitrogen and oxygen atoms in total. The van der Waals surface area contributed by atoms with Crippen molar-refractivity contribution in [1.82, 2.24) is 4.90 Å². The Balaban J connectivity index is 2.47. The van der Waals surface area contributed by atoms with E-state index in [2.05, 4.69) is 36.4 Å². The predicted octanol–water partition coefficient (Wildman–Crippen LogP) is 2.38. The average molecular weight is 137 g/mol. The highest BCUT2D eigenvalue weighted by molar-refractivity contribution is 4.96. The van der Waals surface area contributed by atoms with Gasteiger partial charge in [-0.1, -0.05) is 19.1 Å². The molecule has 0 spiro atoms. The van der Waals surface area contributed by atoms with Crippen LogP contribution in [0.1, 0.15) is 20.3 Å². The Bertz CT molecular complexity index is 147. The third-order valence-electron chi connectivity index (χ3n) is 1.70. The zero-order valence-electron chi connectivity index (χ0n) is 6.75. The summed E-state index contributed by atoms with van der Waals surface area (Å²) in [5.74, 6) is 0.807. The maximum absolute atomic E-state index is 2.28. The van der Waals surface area contributed by atoms with Crippen molar-refractivity contribution in [2.45, 2.75) is 20.3 Å². The van der Waals surface area contributed by atoms with E-state index < -0.39 is 0 Å². The third-order valence-corrected chi connectivity index (χ3v) is 1.70. The standard InChI is InChI=1S/C9H15N/c1-3-6-10-7-4-5-9(2)8-10/h3-4,6-7,9H,5,8H2,1-2H3/b6-3+. The minimum atomic E-state index is 0.807. The highest BCUT2D eigenvalue weighted by Crippen LogP contribution is 2.12. The van der Waals surface area contributed by atoms with Crippen LogP contribution in [0.3, 0.4) is 0 Å². The smallest absolute Gasteiger partial charge is 0.0247 e. The van der Waals surface area contributed by atoms with Gasteiger partial charge in [0.15, 0.2) is 0 Å². The number of hydrogen-bond donors (Lipinski definition) is 0. The Morgan fingerprint density at radius 3 is 3.00 bits per heavy atom. The maximum atomic E-state index is 2.28. The molecule has 1 rings (SSSR count). The van der Waals surface area contributed by atoms with Crippen molar-refractivity contribution in [3.63, 3.8) is 0 Å². The van der Waals surface area contributed by atoms with E-state index in [1.54, 1.807) is 0 Å². The van der Waals surface area contributed by atoms with Gasteiger partial charge < -0.3 is 4.90 Å². The third kappa shape index (κ3) is 1.90. The van der Waals surface area contributed by atoms with Gasteiger partial charge in [-0.3, -0.25) is 0 Å². The fraction of sp³-hybridized carbons (Fsp3) is 0.556. The minimum Gasteiger partial charge on any atom is -0.355 e. The summed E-state index contributed by atoms with van der Waals surface area (Å²) in [5, 5.41) is 0. The van der Waals surface area contributed by atoms with Crippen molar-refractivity contribution >= 4 is 0 Å². The zero-order valence-corrected chi connectivity index (χ0v) is 6.75. The molecule has 0 amide bonds. The van der Waals surface area contributed by atoms with Gasteiger partial charge >= 0.3 is 0 Å². The van der Waals surface area contributed by atoms with Crippen LogP contribution >= 0.6 is 0 Å². The van der Waals surface area contributed by atoms with Gasteiger partial charge in [0.2, 0.25) is 0 Å². The summed E-state index contributed by atoms with van der Waals surface area (Å²) >= 11 is 0. The van der Waals surface area contributed by atoms with Gasteiger partial charge in [-0.2, -0.15) is 0 Å². The highest BCUT2D eigenvalue weighted by atomic mass is 15.1. The van der Waals surface area contributed by atoms with Crippen LogP contribution in [0, 0.1) is 5.92 Å². The van der Waals surface area contributed by atoms with E-state index in [0.717, 1.165) is 5.92 Å². The molecule has 0 bridgehead atoms. The van der Waals surface area contributed by atoms with Crippen LogP contribution < -0.4 is 0 Å². The first-order chi connectivity index (χ1) is 4.83. The van der Waals surface area contributed by atoms with E-state index in [9.17, 15) is 0 Å².